The molecule has 0 aromatic heterocycles. The molecule has 0 N–H and O–H groups in total. The predicted octanol–water partition coefficient (Wildman–Crippen LogP) is 2.94. The Morgan fingerprint density at radius 2 is 0.414 bits per heavy atom. The smallest absolute Gasteiger partial charge is 0 e. The molecule has 0 fully saturated rings. The molecule has 0 aliphatic rings. The number of hydrogen-bond donors (Lipinski definition) is 0. The van der Waals surface area contributed by atoms with Crippen LogP contribution >= 0.6 is 0 Å². The van der Waals surface area contributed by atoms with E-state index in [-0.39, 0.29) is 53.5 Å². The first-order valence-electron chi connectivity index (χ1n) is 8.92. The molecule has 29 heavy (non-hydrogen) atoms. The maximum atomic E-state index is 10.1. The van der Waals surface area contributed by atoms with Gasteiger partial charge in [0.15, 0.2) is 0 Å². The van der Waals surface area contributed by atoms with Gasteiger partial charge in [0.2, 0.25) is 0 Å². The van der Waals surface area contributed by atoms with E-state index in [9.17, 15) is 20.8 Å². The molecule has 0 saturated carbocycles. The molecular weight excluding hydrogens is 462 g/mol. The van der Waals surface area contributed by atoms with Crippen molar-refractivity contribution >= 4 is 0 Å². The van der Waals surface area contributed by atoms with Crippen molar-refractivity contribution in [1.82, 2.24) is 20.3 Å². The summed E-state index contributed by atoms with van der Waals surface area (Å²) in [4.78, 5) is 0. The summed E-state index contributed by atoms with van der Waals surface area (Å²) >= 11 is 0. The molecule has 0 bridgehead atoms. The molecule has 0 aliphatic carbocycles. The van der Waals surface area contributed by atoms with E-state index in [1.165, 1.54) is 0 Å². The minimum Gasteiger partial charge on any atom is -2.00 e. The van der Waals surface area contributed by atoms with Gasteiger partial charge in [-0.15, -0.1) is 0 Å². The summed E-state index contributed by atoms with van der Waals surface area (Å²) in [6, 6.07) is 0. The number of hydroxylamine groups is 8. The first-order chi connectivity index (χ1) is 11.2. The molecule has 0 atom stereocenters. The van der Waals surface area contributed by atoms with E-state index in [2.05, 4.69) is 0 Å². The zero-order chi connectivity index (χ0) is 20.0. The fourth-order valence-corrected chi connectivity index (χ4v) is 0.894. The molecule has 0 saturated heterocycles. The Morgan fingerprint density at radius 3 is 0.414 bits per heavy atom. The van der Waals surface area contributed by atoms with E-state index in [4.69, 9.17) is 0 Å². The minimum atomic E-state index is 0. The minimum absolute atomic E-state index is 0. The summed E-state index contributed by atoms with van der Waals surface area (Å²) in [5.41, 5.74) is 0. The van der Waals surface area contributed by atoms with Crippen LogP contribution in [0.15, 0.2) is 0 Å². The number of hydrogen-bond acceptors (Lipinski definition) is 8. The summed E-state index contributed by atoms with van der Waals surface area (Å²) < 4.78 is 0. The van der Waals surface area contributed by atoms with E-state index in [1.807, 2.05) is 55.4 Å². The van der Waals surface area contributed by atoms with Crippen molar-refractivity contribution in [3.05, 3.63) is 20.8 Å². The van der Waals surface area contributed by atoms with Gasteiger partial charge in [-0.05, 0) is 52.4 Å². The predicted molar refractivity (Wildman–Crippen MR) is 107 cm³/mol. The zero-order valence-corrected chi connectivity index (χ0v) is 22.0. The van der Waals surface area contributed by atoms with Crippen molar-refractivity contribution in [1.29, 1.82) is 0 Å². The van der Waals surface area contributed by atoms with Crippen LogP contribution < -0.4 is 0 Å². The SMILES string of the molecule is CCN([O-])CC.CCN([O-])CC.CCN([O-])CC.CCN([O-])CC.[O-2].[O-2].[O-2].[V].[V]. The summed E-state index contributed by atoms with van der Waals surface area (Å²) in [5, 5.41) is 44.4. The van der Waals surface area contributed by atoms with Crippen LogP contribution in [0.1, 0.15) is 55.4 Å². The van der Waals surface area contributed by atoms with Crippen LogP contribution in [0.3, 0.4) is 0 Å². The molecule has 13 heteroatoms. The normalized spacial score (nSPS) is 8.28. The maximum Gasteiger partial charge on any atom is 0 e. The molecule has 2 radical (unpaired) electrons. The summed E-state index contributed by atoms with van der Waals surface area (Å²) in [6.07, 6.45) is 0. The van der Waals surface area contributed by atoms with E-state index in [0.717, 1.165) is 20.3 Å². The largest absolute Gasteiger partial charge is 2.00 e. The van der Waals surface area contributed by atoms with Crippen LogP contribution in [0.4, 0.5) is 0 Å². The van der Waals surface area contributed by atoms with E-state index in [0.29, 0.717) is 52.4 Å². The van der Waals surface area contributed by atoms with Gasteiger partial charge in [-0.1, -0.05) is 55.4 Å². The fraction of sp³-hybridized carbons (Fsp3) is 1.00. The van der Waals surface area contributed by atoms with Gasteiger partial charge < -0.3 is 57.5 Å². The standard InChI is InChI=1S/4C4H10NO.3O.2V/c4*1-3-5(6)4-2;;;;;/h4*3-4H2,1-2H3;;;;;/q4*-1;3*-2;;. The second-order valence-corrected chi connectivity index (χ2v) is 4.46. The molecule has 0 rings (SSSR count). The van der Waals surface area contributed by atoms with Crippen molar-refractivity contribution in [2.75, 3.05) is 52.4 Å². The van der Waals surface area contributed by atoms with E-state index >= 15 is 0 Å². The van der Waals surface area contributed by atoms with Crippen LogP contribution in [-0.2, 0) is 53.5 Å². The summed E-state index contributed by atoms with van der Waals surface area (Å²) in [6.45, 7) is 19.6. The topological polar surface area (TPSA) is 191 Å². The van der Waals surface area contributed by atoms with Crippen molar-refractivity contribution < 1.29 is 53.5 Å². The second kappa shape index (κ2) is 51.4. The van der Waals surface area contributed by atoms with Gasteiger partial charge in [0.25, 0.3) is 0 Å². The Balaban J connectivity index is -0.0000000248. The van der Waals surface area contributed by atoms with Gasteiger partial charge in [-0.3, -0.25) is 0 Å². The van der Waals surface area contributed by atoms with Gasteiger partial charge in [-0.25, -0.2) is 0 Å². The average Bonchev–Trinajstić information content (AvgIpc) is 2.66. The van der Waals surface area contributed by atoms with Gasteiger partial charge in [0.05, 0.1) is 0 Å². The fourth-order valence-electron chi connectivity index (χ4n) is 0.894. The van der Waals surface area contributed by atoms with Gasteiger partial charge >= 0.3 is 0 Å². The molecule has 0 aromatic carbocycles. The van der Waals surface area contributed by atoms with Crippen LogP contribution in [0.25, 0.3) is 0 Å². The molecule has 0 aromatic rings. The van der Waals surface area contributed by atoms with E-state index in [1.54, 1.807) is 0 Å². The van der Waals surface area contributed by atoms with E-state index < -0.39 is 0 Å². The van der Waals surface area contributed by atoms with Crippen LogP contribution in [-0.4, -0.2) is 72.6 Å². The van der Waals surface area contributed by atoms with Crippen molar-refractivity contribution in [3.8, 4) is 0 Å². The second-order valence-electron chi connectivity index (χ2n) is 4.46. The van der Waals surface area contributed by atoms with Crippen LogP contribution in [0.5, 0.6) is 0 Å². The Kier molecular flexibility index (Phi) is 101. The molecular formula is C16H40N4O7V2-10. The number of rotatable bonds is 8. The Morgan fingerprint density at radius 1 is 0.345 bits per heavy atom. The van der Waals surface area contributed by atoms with Gasteiger partial charge in [0.1, 0.15) is 0 Å². The average molecular weight is 502 g/mol. The molecule has 11 nitrogen and oxygen atoms in total. The van der Waals surface area contributed by atoms with Crippen molar-refractivity contribution in [2.24, 2.45) is 0 Å². The molecule has 186 valence electrons. The number of nitrogens with zero attached hydrogens (tertiary/aromatic N) is 4. The zero-order valence-electron chi connectivity index (χ0n) is 19.2. The van der Waals surface area contributed by atoms with Crippen molar-refractivity contribution in [3.63, 3.8) is 0 Å². The molecule has 0 spiro atoms. The Labute approximate surface area is 202 Å². The third-order valence-electron chi connectivity index (χ3n) is 2.82. The summed E-state index contributed by atoms with van der Waals surface area (Å²) in [5.74, 6) is 0. The van der Waals surface area contributed by atoms with Gasteiger partial charge in [-0.2, -0.15) is 0 Å². The van der Waals surface area contributed by atoms with Crippen LogP contribution in [0.2, 0.25) is 0 Å². The maximum absolute atomic E-state index is 10.1. The molecule has 0 heterocycles. The quantitative estimate of drug-likeness (QED) is 0.452. The first-order valence-corrected chi connectivity index (χ1v) is 8.92. The molecule has 0 unspecified atom stereocenters. The molecule has 0 aliphatic heterocycles. The third kappa shape index (κ3) is 73.3. The first kappa shape index (κ1) is 57.1. The molecule has 0 amide bonds. The Hall–Kier alpha value is 0.729. The van der Waals surface area contributed by atoms with Crippen molar-refractivity contribution in [2.45, 2.75) is 55.4 Å². The van der Waals surface area contributed by atoms with Gasteiger partial charge in [0, 0.05) is 37.1 Å². The third-order valence-corrected chi connectivity index (χ3v) is 2.82. The van der Waals surface area contributed by atoms with Crippen LogP contribution in [0, 0.1) is 20.8 Å². The summed E-state index contributed by atoms with van der Waals surface area (Å²) in [7, 11) is 0. The Bertz CT molecular complexity index is 164. The monoisotopic (exact) mass is 502 g/mol.